The van der Waals surface area contributed by atoms with Gasteiger partial charge in [-0.3, -0.25) is 0 Å². The Morgan fingerprint density at radius 2 is 2.00 bits per heavy atom. The SMILES string of the molecule is CN(C)C[CH-]O.[K+]. The predicted octanol–water partition coefficient (Wildman–Crippen LogP) is -2.91. The minimum absolute atomic E-state index is 0. The van der Waals surface area contributed by atoms with Crippen molar-refractivity contribution in [1.82, 2.24) is 4.90 Å². The zero-order chi connectivity index (χ0) is 4.99. The molecule has 2 nitrogen and oxygen atoms in total. The van der Waals surface area contributed by atoms with Gasteiger partial charge >= 0.3 is 51.4 Å². The third-order valence-electron chi connectivity index (χ3n) is 0.447. The fourth-order valence-electron chi connectivity index (χ4n) is 0.163. The van der Waals surface area contributed by atoms with Crippen LogP contribution in [-0.2, 0) is 0 Å². The Kier molecular flexibility index (Phi) is 12.3. The Bertz CT molecular complexity index is 32.9. The third kappa shape index (κ3) is 11.2. The topological polar surface area (TPSA) is 23.5 Å². The van der Waals surface area contributed by atoms with Gasteiger partial charge in [-0.15, -0.1) is 6.54 Å². The molecule has 0 aromatic heterocycles. The van der Waals surface area contributed by atoms with Crippen molar-refractivity contribution in [1.29, 1.82) is 0 Å². The van der Waals surface area contributed by atoms with Crippen LogP contribution in [0, 0.1) is 6.61 Å². The van der Waals surface area contributed by atoms with E-state index >= 15 is 0 Å². The van der Waals surface area contributed by atoms with Crippen molar-refractivity contribution in [2.24, 2.45) is 0 Å². The maximum Gasteiger partial charge on any atom is 1.00 e. The Labute approximate surface area is 87.3 Å². The summed E-state index contributed by atoms with van der Waals surface area (Å²) in [5.74, 6) is 0. The molecular weight excluding hydrogens is 117 g/mol. The minimum Gasteiger partial charge on any atom is -0.565 e. The van der Waals surface area contributed by atoms with Crippen molar-refractivity contribution in [2.45, 2.75) is 0 Å². The zero-order valence-electron chi connectivity index (χ0n) is 5.18. The number of likely N-dealkylation sites (N-methyl/N-ethyl adjacent to an activating group) is 1. The van der Waals surface area contributed by atoms with Crippen LogP contribution in [-0.4, -0.2) is 30.6 Å². The monoisotopic (exact) mass is 127 g/mol. The van der Waals surface area contributed by atoms with Crippen molar-refractivity contribution in [3.8, 4) is 0 Å². The van der Waals surface area contributed by atoms with Gasteiger partial charge in [0.25, 0.3) is 0 Å². The van der Waals surface area contributed by atoms with E-state index in [1.165, 1.54) is 0 Å². The molecule has 0 bridgehead atoms. The van der Waals surface area contributed by atoms with Crippen LogP contribution in [0.15, 0.2) is 0 Å². The smallest absolute Gasteiger partial charge is 0.565 e. The Morgan fingerprint density at radius 1 is 1.57 bits per heavy atom. The second kappa shape index (κ2) is 7.56. The summed E-state index contributed by atoms with van der Waals surface area (Å²) in [6, 6.07) is 0. The van der Waals surface area contributed by atoms with Gasteiger partial charge in [-0.2, -0.15) is 0 Å². The van der Waals surface area contributed by atoms with E-state index in [0.29, 0.717) is 6.54 Å². The van der Waals surface area contributed by atoms with Gasteiger partial charge in [0.15, 0.2) is 0 Å². The van der Waals surface area contributed by atoms with Gasteiger partial charge < -0.3 is 10.0 Å². The van der Waals surface area contributed by atoms with Gasteiger partial charge in [-0.25, -0.2) is 6.61 Å². The summed E-state index contributed by atoms with van der Waals surface area (Å²) in [7, 11) is 3.79. The van der Waals surface area contributed by atoms with E-state index in [4.69, 9.17) is 5.11 Å². The van der Waals surface area contributed by atoms with Gasteiger partial charge in [0.1, 0.15) is 0 Å². The van der Waals surface area contributed by atoms with E-state index < -0.39 is 0 Å². The standard InChI is InChI=1S/C4H10NO.K/c1-5(2)3-4-6;/h4,6H,3H2,1-2H3;/q-1;+1. The van der Waals surface area contributed by atoms with Crippen molar-refractivity contribution >= 4 is 0 Å². The molecule has 0 aliphatic carbocycles. The maximum atomic E-state index is 8.07. The molecular formula is C4H10KNO. The first-order valence-electron chi connectivity index (χ1n) is 1.88. The number of aliphatic hydroxyl groups excluding tert-OH is 1. The summed E-state index contributed by atoms with van der Waals surface area (Å²) >= 11 is 0. The molecule has 0 saturated carbocycles. The molecule has 0 heterocycles. The normalized spacial score (nSPS) is 8.57. The fraction of sp³-hybridized carbons (Fsp3) is 0.750. The van der Waals surface area contributed by atoms with Gasteiger partial charge in [-0.1, -0.05) is 0 Å². The molecule has 0 aliphatic rings. The third-order valence-corrected chi connectivity index (χ3v) is 0.447. The molecule has 0 aromatic rings. The minimum atomic E-state index is 0. The van der Waals surface area contributed by atoms with Crippen LogP contribution in [0.1, 0.15) is 0 Å². The van der Waals surface area contributed by atoms with Crippen molar-refractivity contribution in [3.63, 3.8) is 0 Å². The fourth-order valence-corrected chi connectivity index (χ4v) is 0.163. The molecule has 0 spiro atoms. The van der Waals surface area contributed by atoms with E-state index in [1.54, 1.807) is 0 Å². The zero-order valence-corrected chi connectivity index (χ0v) is 8.30. The molecule has 0 unspecified atom stereocenters. The van der Waals surface area contributed by atoms with E-state index in [1.807, 2.05) is 19.0 Å². The number of aliphatic hydroxyl groups is 1. The van der Waals surface area contributed by atoms with Crippen LogP contribution in [0.4, 0.5) is 0 Å². The van der Waals surface area contributed by atoms with Crippen LogP contribution < -0.4 is 51.4 Å². The summed E-state index contributed by atoms with van der Waals surface area (Å²) in [6.45, 7) is 1.76. The molecule has 38 valence electrons. The molecule has 7 heavy (non-hydrogen) atoms. The predicted molar refractivity (Wildman–Crippen MR) is 24.8 cm³/mol. The van der Waals surface area contributed by atoms with E-state index in [9.17, 15) is 0 Å². The number of nitrogens with zero attached hydrogens (tertiary/aromatic N) is 1. The summed E-state index contributed by atoms with van der Waals surface area (Å²) in [4.78, 5) is 1.88. The number of hydrogen-bond acceptors (Lipinski definition) is 2. The molecule has 0 aliphatic heterocycles. The summed E-state index contributed by atoms with van der Waals surface area (Å²) in [5, 5.41) is 8.07. The quantitative estimate of drug-likeness (QED) is 0.317. The van der Waals surface area contributed by atoms with Crippen LogP contribution in [0.25, 0.3) is 0 Å². The molecule has 0 amide bonds. The molecule has 0 atom stereocenters. The molecule has 0 fully saturated rings. The van der Waals surface area contributed by atoms with Gasteiger partial charge in [0.2, 0.25) is 0 Å². The summed E-state index contributed by atoms with van der Waals surface area (Å²) in [6.07, 6.45) is 0. The molecule has 0 saturated heterocycles. The van der Waals surface area contributed by atoms with Crippen LogP contribution in [0.5, 0.6) is 0 Å². The van der Waals surface area contributed by atoms with Gasteiger partial charge in [0, 0.05) is 0 Å². The molecule has 0 rings (SSSR count). The van der Waals surface area contributed by atoms with E-state index in [2.05, 4.69) is 0 Å². The summed E-state index contributed by atoms with van der Waals surface area (Å²) in [5.41, 5.74) is 0. The van der Waals surface area contributed by atoms with Crippen LogP contribution in [0.2, 0.25) is 0 Å². The molecule has 1 N–H and O–H groups in total. The van der Waals surface area contributed by atoms with Crippen molar-refractivity contribution in [2.75, 3.05) is 20.6 Å². The average Bonchev–Trinajstić information content (AvgIpc) is 1.35. The molecule has 0 radical (unpaired) electrons. The van der Waals surface area contributed by atoms with Crippen LogP contribution >= 0.6 is 0 Å². The average molecular weight is 127 g/mol. The Hall–Kier alpha value is 1.56. The first-order valence-corrected chi connectivity index (χ1v) is 1.88. The second-order valence-corrected chi connectivity index (χ2v) is 1.44. The maximum absolute atomic E-state index is 8.07. The van der Waals surface area contributed by atoms with Crippen molar-refractivity contribution < 1.29 is 56.5 Å². The first kappa shape index (κ1) is 11.4. The first-order chi connectivity index (χ1) is 2.77. The van der Waals surface area contributed by atoms with Gasteiger partial charge in [0.05, 0.1) is 0 Å². The second-order valence-electron chi connectivity index (χ2n) is 1.44. The van der Waals surface area contributed by atoms with E-state index in [-0.39, 0.29) is 51.4 Å². The Balaban J connectivity index is 0. The van der Waals surface area contributed by atoms with Gasteiger partial charge in [-0.05, 0) is 14.1 Å². The summed E-state index contributed by atoms with van der Waals surface area (Å²) < 4.78 is 0. The molecule has 0 aromatic carbocycles. The Morgan fingerprint density at radius 3 is 2.00 bits per heavy atom. The van der Waals surface area contributed by atoms with Crippen molar-refractivity contribution in [3.05, 3.63) is 6.61 Å². The van der Waals surface area contributed by atoms with Crippen LogP contribution in [0.3, 0.4) is 0 Å². The number of hydrogen-bond donors (Lipinski definition) is 1. The molecule has 3 heteroatoms. The number of rotatable bonds is 2. The largest absolute Gasteiger partial charge is 1.00 e. The van der Waals surface area contributed by atoms with E-state index in [0.717, 1.165) is 6.61 Å².